The second-order valence-corrected chi connectivity index (χ2v) is 6.68. The second kappa shape index (κ2) is 8.59. The fourth-order valence-electron chi connectivity index (χ4n) is 2.32. The Kier molecular flexibility index (Phi) is 6.46. The number of hydrogen-bond acceptors (Lipinski definition) is 5. The van der Waals surface area contributed by atoms with Gasteiger partial charge in [0.1, 0.15) is 17.2 Å². The summed E-state index contributed by atoms with van der Waals surface area (Å²) in [7, 11) is 0. The van der Waals surface area contributed by atoms with E-state index in [9.17, 15) is 19.1 Å². The van der Waals surface area contributed by atoms with Gasteiger partial charge < -0.3 is 21.5 Å². The summed E-state index contributed by atoms with van der Waals surface area (Å²) in [6, 6.07) is 8.84. The van der Waals surface area contributed by atoms with Crippen molar-refractivity contribution in [2.45, 2.75) is 31.9 Å². The number of benzene rings is 1. The first-order chi connectivity index (χ1) is 12.7. The lowest BCUT2D eigenvalue weighted by atomic mass is 9.97. The van der Waals surface area contributed by atoms with Gasteiger partial charge in [-0.1, -0.05) is 18.2 Å². The molecule has 1 atom stereocenters. The summed E-state index contributed by atoms with van der Waals surface area (Å²) in [6.07, 6.45) is 1.55. The minimum absolute atomic E-state index is 0.0414. The third kappa shape index (κ3) is 6.03. The molecule has 1 aromatic heterocycles. The number of nitrogen functional groups attached to an aromatic ring is 1. The molecule has 0 saturated heterocycles. The zero-order valence-electron chi connectivity index (χ0n) is 15.2. The van der Waals surface area contributed by atoms with E-state index in [1.807, 2.05) is 0 Å². The number of hydrogen-bond donors (Lipinski definition) is 4. The standard InChI is InChI=1S/C19H23FN4O3/c1-19(2,27)18(26)24-11-15(13-4-6-14(20)7-5-13)17(25)23-10-12-3-8-16(21)22-9-12/h3-9,15,27H,10-11H2,1-2H3,(H2,21,22)(H,23,25)(H,24,26)/t15-/m0/s1. The number of aromatic nitrogens is 1. The Morgan fingerprint density at radius 2 is 1.85 bits per heavy atom. The molecule has 0 aliphatic heterocycles. The molecule has 27 heavy (non-hydrogen) atoms. The number of nitrogens with two attached hydrogens (primary N) is 1. The predicted octanol–water partition coefficient (Wildman–Crippen LogP) is 1.09. The largest absolute Gasteiger partial charge is 0.384 e. The molecule has 2 aromatic rings. The SMILES string of the molecule is CC(C)(O)C(=O)NC[C@H](C(=O)NCc1ccc(N)nc1)c1ccc(F)cc1. The zero-order chi connectivity index (χ0) is 20.0. The van der Waals surface area contributed by atoms with Crippen molar-refractivity contribution in [1.29, 1.82) is 0 Å². The number of pyridine rings is 1. The summed E-state index contributed by atoms with van der Waals surface area (Å²) in [5.41, 5.74) is 5.26. The molecule has 2 rings (SSSR count). The van der Waals surface area contributed by atoms with Gasteiger partial charge in [0.05, 0.1) is 5.92 Å². The van der Waals surface area contributed by atoms with Crippen molar-refractivity contribution in [3.63, 3.8) is 0 Å². The second-order valence-electron chi connectivity index (χ2n) is 6.68. The quantitative estimate of drug-likeness (QED) is 0.579. The first-order valence-electron chi connectivity index (χ1n) is 8.41. The molecule has 0 unspecified atom stereocenters. The topological polar surface area (TPSA) is 117 Å². The molecule has 0 bridgehead atoms. The van der Waals surface area contributed by atoms with Gasteiger partial charge in [-0.3, -0.25) is 9.59 Å². The number of carbonyl (C=O) groups excluding carboxylic acids is 2. The lowest BCUT2D eigenvalue weighted by molar-refractivity contribution is -0.136. The highest BCUT2D eigenvalue weighted by molar-refractivity contribution is 5.87. The number of amides is 2. The highest BCUT2D eigenvalue weighted by atomic mass is 19.1. The lowest BCUT2D eigenvalue weighted by Crippen LogP contribution is -2.45. The van der Waals surface area contributed by atoms with Crippen molar-refractivity contribution in [3.8, 4) is 0 Å². The predicted molar refractivity (Wildman–Crippen MR) is 98.9 cm³/mol. The number of rotatable bonds is 7. The van der Waals surface area contributed by atoms with Crippen LogP contribution in [0.4, 0.5) is 10.2 Å². The van der Waals surface area contributed by atoms with Crippen LogP contribution >= 0.6 is 0 Å². The van der Waals surface area contributed by atoms with Gasteiger partial charge in [0, 0.05) is 19.3 Å². The van der Waals surface area contributed by atoms with Crippen LogP contribution in [0.1, 0.15) is 30.9 Å². The Morgan fingerprint density at radius 3 is 2.41 bits per heavy atom. The van der Waals surface area contributed by atoms with Crippen LogP contribution in [-0.2, 0) is 16.1 Å². The zero-order valence-corrected chi connectivity index (χ0v) is 15.2. The van der Waals surface area contributed by atoms with Crippen LogP contribution in [-0.4, -0.2) is 34.1 Å². The Bertz CT molecular complexity index is 786. The van der Waals surface area contributed by atoms with Gasteiger partial charge in [0.2, 0.25) is 5.91 Å². The summed E-state index contributed by atoms with van der Waals surface area (Å²) in [4.78, 5) is 28.5. The summed E-state index contributed by atoms with van der Waals surface area (Å²) < 4.78 is 13.2. The van der Waals surface area contributed by atoms with Crippen LogP contribution in [0.15, 0.2) is 42.6 Å². The molecular weight excluding hydrogens is 351 g/mol. The summed E-state index contributed by atoms with van der Waals surface area (Å²) in [5.74, 6) is -1.76. The molecule has 7 nitrogen and oxygen atoms in total. The molecule has 0 radical (unpaired) electrons. The number of anilines is 1. The summed E-state index contributed by atoms with van der Waals surface area (Å²) in [6.45, 7) is 2.89. The number of nitrogens with zero attached hydrogens (tertiary/aromatic N) is 1. The van der Waals surface area contributed by atoms with Crippen LogP contribution in [0, 0.1) is 5.82 Å². The molecule has 1 aromatic carbocycles. The average molecular weight is 374 g/mol. The molecule has 1 heterocycles. The van der Waals surface area contributed by atoms with Crippen molar-refractivity contribution in [2.75, 3.05) is 12.3 Å². The van der Waals surface area contributed by atoms with E-state index >= 15 is 0 Å². The van der Waals surface area contributed by atoms with Gasteiger partial charge in [0.15, 0.2) is 0 Å². The molecule has 0 spiro atoms. The van der Waals surface area contributed by atoms with E-state index in [-0.39, 0.29) is 19.0 Å². The molecule has 144 valence electrons. The minimum atomic E-state index is -1.57. The number of aliphatic hydroxyl groups is 1. The summed E-state index contributed by atoms with van der Waals surface area (Å²) in [5, 5.41) is 15.1. The highest BCUT2D eigenvalue weighted by Crippen LogP contribution is 2.17. The molecule has 0 saturated carbocycles. The number of carbonyl (C=O) groups is 2. The van der Waals surface area contributed by atoms with Gasteiger partial charge in [-0.2, -0.15) is 0 Å². The van der Waals surface area contributed by atoms with Gasteiger partial charge in [0.25, 0.3) is 5.91 Å². The fraction of sp³-hybridized carbons (Fsp3) is 0.316. The fourth-order valence-corrected chi connectivity index (χ4v) is 2.32. The third-order valence-corrected chi connectivity index (χ3v) is 3.93. The molecule has 5 N–H and O–H groups in total. The van der Waals surface area contributed by atoms with Crippen molar-refractivity contribution < 1.29 is 19.1 Å². The maximum Gasteiger partial charge on any atom is 0.251 e. The van der Waals surface area contributed by atoms with E-state index in [4.69, 9.17) is 5.73 Å². The van der Waals surface area contributed by atoms with E-state index < -0.39 is 23.2 Å². The normalized spacial score (nSPS) is 12.3. The molecular formula is C19H23FN4O3. The Hall–Kier alpha value is -3.00. The van der Waals surface area contributed by atoms with Crippen LogP contribution in [0.2, 0.25) is 0 Å². The first-order valence-corrected chi connectivity index (χ1v) is 8.41. The molecule has 2 amide bonds. The van der Waals surface area contributed by atoms with Crippen molar-refractivity contribution in [2.24, 2.45) is 0 Å². The van der Waals surface area contributed by atoms with E-state index in [1.54, 1.807) is 18.3 Å². The van der Waals surface area contributed by atoms with Gasteiger partial charge >= 0.3 is 0 Å². The Labute approximate surface area is 156 Å². The molecule has 8 heteroatoms. The van der Waals surface area contributed by atoms with Crippen molar-refractivity contribution in [1.82, 2.24) is 15.6 Å². The van der Waals surface area contributed by atoms with E-state index in [2.05, 4.69) is 15.6 Å². The van der Waals surface area contributed by atoms with Gasteiger partial charge in [-0.05, 0) is 43.2 Å². The Morgan fingerprint density at radius 1 is 1.19 bits per heavy atom. The number of halogens is 1. The van der Waals surface area contributed by atoms with Crippen LogP contribution in [0.25, 0.3) is 0 Å². The Balaban J connectivity index is 2.10. The van der Waals surface area contributed by atoms with Gasteiger partial charge in [-0.15, -0.1) is 0 Å². The van der Waals surface area contributed by atoms with Crippen LogP contribution in [0.5, 0.6) is 0 Å². The van der Waals surface area contributed by atoms with Crippen LogP contribution in [0.3, 0.4) is 0 Å². The smallest absolute Gasteiger partial charge is 0.251 e. The van der Waals surface area contributed by atoms with Crippen molar-refractivity contribution >= 4 is 17.6 Å². The van der Waals surface area contributed by atoms with Gasteiger partial charge in [-0.25, -0.2) is 9.37 Å². The van der Waals surface area contributed by atoms with Crippen LogP contribution < -0.4 is 16.4 Å². The van der Waals surface area contributed by atoms with E-state index in [0.29, 0.717) is 11.4 Å². The average Bonchev–Trinajstić information content (AvgIpc) is 2.61. The minimum Gasteiger partial charge on any atom is -0.384 e. The van der Waals surface area contributed by atoms with Crippen molar-refractivity contribution in [3.05, 3.63) is 59.5 Å². The maximum absolute atomic E-state index is 13.2. The lowest BCUT2D eigenvalue weighted by Gasteiger charge is -2.21. The van der Waals surface area contributed by atoms with E-state index in [1.165, 1.54) is 38.1 Å². The van der Waals surface area contributed by atoms with E-state index in [0.717, 1.165) is 5.56 Å². The number of nitrogens with one attached hydrogen (secondary N) is 2. The maximum atomic E-state index is 13.2. The summed E-state index contributed by atoms with van der Waals surface area (Å²) >= 11 is 0. The molecule has 0 aliphatic rings. The third-order valence-electron chi connectivity index (χ3n) is 3.93. The molecule has 0 aliphatic carbocycles. The first kappa shape index (κ1) is 20.3. The molecule has 0 fully saturated rings. The highest BCUT2D eigenvalue weighted by Gasteiger charge is 2.27. The monoisotopic (exact) mass is 374 g/mol.